The summed E-state index contributed by atoms with van der Waals surface area (Å²) >= 11 is 13.5. The van der Waals surface area contributed by atoms with Crippen molar-refractivity contribution in [2.24, 2.45) is 5.73 Å². The van der Waals surface area contributed by atoms with E-state index in [1.165, 1.54) is 20.3 Å². The smallest absolute Gasteiger partial charge is 0.418 e. The van der Waals surface area contributed by atoms with Gasteiger partial charge in [0, 0.05) is 27.1 Å². The number of primary amides is 1. The van der Waals surface area contributed by atoms with Crippen molar-refractivity contribution in [3.63, 3.8) is 0 Å². The van der Waals surface area contributed by atoms with Crippen LogP contribution in [0.3, 0.4) is 0 Å². The van der Waals surface area contributed by atoms with Gasteiger partial charge >= 0.3 is 12.1 Å². The summed E-state index contributed by atoms with van der Waals surface area (Å²) in [4.78, 5) is 36.8. The first-order valence-corrected chi connectivity index (χ1v) is 15.7. The van der Waals surface area contributed by atoms with Gasteiger partial charge in [0.2, 0.25) is 0 Å². The van der Waals surface area contributed by atoms with E-state index in [0.717, 1.165) is 16.5 Å². The molecule has 2 N–H and O–H groups in total. The van der Waals surface area contributed by atoms with Gasteiger partial charge in [-0.3, -0.25) is 9.48 Å². The van der Waals surface area contributed by atoms with Crippen LogP contribution < -0.4 is 15.2 Å². The van der Waals surface area contributed by atoms with Crippen molar-refractivity contribution in [2.45, 2.75) is 39.5 Å². The van der Waals surface area contributed by atoms with E-state index in [1.54, 1.807) is 62.0 Å². The van der Waals surface area contributed by atoms with Crippen LogP contribution in [-0.4, -0.2) is 52.9 Å². The fourth-order valence-electron chi connectivity index (χ4n) is 5.40. The molecule has 5 rings (SSSR count). The molecule has 0 bridgehead atoms. The zero-order valence-electron chi connectivity index (χ0n) is 27.3. The van der Waals surface area contributed by atoms with Crippen molar-refractivity contribution in [1.82, 2.24) is 14.7 Å². The Bertz CT molecular complexity index is 2090. The van der Waals surface area contributed by atoms with Gasteiger partial charge in [-0.2, -0.15) is 5.10 Å². The van der Waals surface area contributed by atoms with Crippen LogP contribution in [0.25, 0.3) is 33.2 Å². The highest BCUT2D eigenvalue weighted by molar-refractivity contribution is 6.36. The third-order valence-corrected chi connectivity index (χ3v) is 8.46. The van der Waals surface area contributed by atoms with E-state index in [-0.39, 0.29) is 11.3 Å². The Morgan fingerprint density at radius 3 is 2.31 bits per heavy atom. The maximum Gasteiger partial charge on any atom is 0.418 e. The Morgan fingerprint density at radius 1 is 0.980 bits per heavy atom. The van der Waals surface area contributed by atoms with Gasteiger partial charge in [0.05, 0.1) is 49.6 Å². The van der Waals surface area contributed by atoms with Crippen LogP contribution in [0.2, 0.25) is 10.0 Å². The fraction of sp³-hybridized carbons (Fsp3) is 0.222. The van der Waals surface area contributed by atoms with Crippen molar-refractivity contribution in [2.75, 3.05) is 14.2 Å². The van der Waals surface area contributed by atoms with Crippen molar-refractivity contribution >= 4 is 52.5 Å². The van der Waals surface area contributed by atoms with E-state index in [0.29, 0.717) is 61.3 Å². The van der Waals surface area contributed by atoms with Crippen LogP contribution in [0.4, 0.5) is 14.0 Å². The van der Waals surface area contributed by atoms with Crippen LogP contribution in [0.5, 0.6) is 11.5 Å². The van der Waals surface area contributed by atoms with Gasteiger partial charge in [-0.05, 0) is 67.8 Å². The first-order valence-electron chi connectivity index (χ1n) is 15.0. The van der Waals surface area contributed by atoms with Crippen LogP contribution in [-0.2, 0) is 17.8 Å². The van der Waals surface area contributed by atoms with E-state index in [1.807, 2.05) is 24.3 Å². The zero-order valence-corrected chi connectivity index (χ0v) is 28.9. The fourth-order valence-corrected chi connectivity index (χ4v) is 5.97. The summed E-state index contributed by atoms with van der Waals surface area (Å²) in [6.07, 6.45) is 1.40. The second kappa shape index (κ2) is 14.2. The second-order valence-electron chi connectivity index (χ2n) is 12.1. The predicted molar refractivity (Wildman–Crippen MR) is 186 cm³/mol. The minimum absolute atomic E-state index is 0.0705. The summed E-state index contributed by atoms with van der Waals surface area (Å²) in [6.45, 7) is 4.69. The molecular weight excluding hydrogens is 674 g/mol. The average molecular weight is 708 g/mol. The van der Waals surface area contributed by atoms with E-state index < -0.39 is 30.1 Å². The summed E-state index contributed by atoms with van der Waals surface area (Å²) in [6, 6.07) is 16.1. The molecule has 0 radical (unpaired) electrons. The maximum atomic E-state index is 15.8. The second-order valence-corrected chi connectivity index (χ2v) is 12.8. The minimum Gasteiger partial charge on any atom is -0.496 e. The van der Waals surface area contributed by atoms with Gasteiger partial charge in [-0.1, -0.05) is 53.5 Å². The number of carbonyl (C=O) groups excluding carboxylic acids is 3. The number of aromatic nitrogens is 2. The molecule has 49 heavy (non-hydrogen) atoms. The molecule has 254 valence electrons. The average Bonchev–Trinajstić information content (AvgIpc) is 3.46. The Balaban J connectivity index is 1.51. The number of hydrogen-bond donors (Lipinski definition) is 1. The summed E-state index contributed by atoms with van der Waals surface area (Å²) in [5.74, 6) is -0.263. The molecule has 1 heterocycles. The zero-order chi connectivity index (χ0) is 35.6. The lowest BCUT2D eigenvalue weighted by Crippen LogP contribution is -2.43. The highest BCUT2D eigenvalue weighted by Crippen LogP contribution is 2.41. The van der Waals surface area contributed by atoms with E-state index >= 15 is 4.39 Å². The highest BCUT2D eigenvalue weighted by atomic mass is 35.5. The Labute approximate surface area is 292 Å². The third kappa shape index (κ3) is 7.33. The molecular formula is C36H33Cl2FN4O6. The largest absolute Gasteiger partial charge is 0.496 e. The number of amides is 3. The lowest BCUT2D eigenvalue weighted by Gasteiger charge is -2.25. The number of halogens is 3. The SMILES string of the molecule is COc1cc(Cn2ncc3c(-c4cccc(-c5cc(F)c(CN(C(N)=O)C(=O)OC(C)(C)C)c(OC)c5)c4Cl)cccc32)c(Cl)cc1C=O. The van der Waals surface area contributed by atoms with Crippen LogP contribution >= 0.6 is 23.2 Å². The van der Waals surface area contributed by atoms with Gasteiger partial charge in [0.25, 0.3) is 0 Å². The molecule has 13 heteroatoms. The first kappa shape index (κ1) is 35.2. The summed E-state index contributed by atoms with van der Waals surface area (Å²) in [5.41, 5.74) is 8.70. The molecule has 3 amide bonds. The standard InChI is InChI=1S/C36H33Cl2FN4O6/c1-36(2,3)49-35(46)42(34(40)45)18-27-29(39)13-20(14-32(27)48-5)23-8-6-10-25(33(23)38)24-9-7-11-30-26(24)16-41-43(30)17-21-15-31(47-4)22(19-44)12-28(21)37/h6-16,19H,17-18H2,1-5H3,(H2,40,45). The number of rotatable bonds is 9. The topological polar surface area (TPSA) is 126 Å². The lowest BCUT2D eigenvalue weighted by molar-refractivity contribution is 0.0314. The molecule has 1 aromatic heterocycles. The number of urea groups is 1. The Hall–Kier alpha value is -5.13. The number of aldehydes is 1. The lowest BCUT2D eigenvalue weighted by atomic mass is 9.96. The van der Waals surface area contributed by atoms with Crippen molar-refractivity contribution < 1.29 is 33.0 Å². The van der Waals surface area contributed by atoms with E-state index in [4.69, 9.17) is 43.1 Å². The van der Waals surface area contributed by atoms with Gasteiger partial charge in [0.15, 0.2) is 6.29 Å². The quantitative estimate of drug-likeness (QED) is 0.152. The Kier molecular flexibility index (Phi) is 10.2. The number of ether oxygens (including phenoxy) is 3. The molecule has 0 unspecified atom stereocenters. The highest BCUT2D eigenvalue weighted by Gasteiger charge is 2.28. The van der Waals surface area contributed by atoms with Gasteiger partial charge < -0.3 is 19.9 Å². The number of fused-ring (bicyclic) bond motifs is 1. The van der Waals surface area contributed by atoms with Crippen molar-refractivity contribution in [3.05, 3.63) is 99.4 Å². The molecule has 0 spiro atoms. The number of carbonyl (C=O) groups is 3. The normalized spacial score (nSPS) is 11.3. The number of nitrogens with zero attached hydrogens (tertiary/aromatic N) is 3. The molecule has 0 fully saturated rings. The monoisotopic (exact) mass is 706 g/mol. The summed E-state index contributed by atoms with van der Waals surface area (Å²) < 4.78 is 33.7. The van der Waals surface area contributed by atoms with Crippen molar-refractivity contribution in [3.8, 4) is 33.8 Å². The number of imide groups is 1. The number of benzene rings is 4. The molecule has 0 atom stereocenters. The van der Waals surface area contributed by atoms with Gasteiger partial charge in [0.1, 0.15) is 22.9 Å². The molecule has 5 aromatic rings. The molecule has 0 saturated carbocycles. The summed E-state index contributed by atoms with van der Waals surface area (Å²) in [7, 11) is 2.83. The number of methoxy groups -OCH3 is 2. The van der Waals surface area contributed by atoms with Crippen LogP contribution in [0.1, 0.15) is 42.3 Å². The number of nitrogens with two attached hydrogens (primary N) is 1. The van der Waals surface area contributed by atoms with Crippen molar-refractivity contribution in [1.29, 1.82) is 0 Å². The summed E-state index contributed by atoms with van der Waals surface area (Å²) in [5, 5.41) is 6.16. The molecule has 10 nitrogen and oxygen atoms in total. The molecule has 0 aliphatic carbocycles. The van der Waals surface area contributed by atoms with E-state index in [9.17, 15) is 14.4 Å². The van der Waals surface area contributed by atoms with Crippen LogP contribution in [0.15, 0.2) is 66.9 Å². The minimum atomic E-state index is -1.10. The van der Waals surface area contributed by atoms with E-state index in [2.05, 4.69) is 5.10 Å². The molecule has 0 aliphatic heterocycles. The van der Waals surface area contributed by atoms with Gasteiger partial charge in [-0.25, -0.2) is 18.9 Å². The maximum absolute atomic E-state index is 15.8. The first-order chi connectivity index (χ1) is 23.3. The molecule has 0 aliphatic rings. The predicted octanol–water partition coefficient (Wildman–Crippen LogP) is 8.51. The van der Waals surface area contributed by atoms with Gasteiger partial charge in [-0.15, -0.1) is 0 Å². The molecule has 0 saturated heterocycles. The number of hydrogen-bond acceptors (Lipinski definition) is 7. The van der Waals surface area contributed by atoms with Crippen LogP contribution in [0, 0.1) is 5.82 Å². The Morgan fingerprint density at radius 2 is 1.65 bits per heavy atom. The third-order valence-electron chi connectivity index (χ3n) is 7.70. The molecule has 4 aromatic carbocycles.